The third-order valence-electron chi connectivity index (χ3n) is 1.44. The van der Waals surface area contributed by atoms with Crippen molar-refractivity contribution >= 4 is 29.3 Å². The Balaban J connectivity index is 4.29. The fraction of sp³-hybridized carbons (Fsp3) is 0.833. The summed E-state index contributed by atoms with van der Waals surface area (Å²) in [6.45, 7) is 1.88. The van der Waals surface area contributed by atoms with Gasteiger partial charge in [-0.2, -0.15) is 4.99 Å². The van der Waals surface area contributed by atoms with Gasteiger partial charge in [-0.25, -0.2) is 4.79 Å². The van der Waals surface area contributed by atoms with Crippen LogP contribution in [0.1, 0.15) is 13.3 Å². The molecule has 0 N–H and O–H groups in total. The van der Waals surface area contributed by atoms with E-state index in [1.807, 2.05) is 6.92 Å². The third-order valence-corrected chi connectivity index (χ3v) is 2.43. The molecule has 0 radical (unpaired) electrons. The van der Waals surface area contributed by atoms with Crippen LogP contribution in [0.4, 0.5) is 0 Å². The first-order valence-corrected chi connectivity index (χ1v) is 4.02. The quantitative estimate of drug-likeness (QED) is 0.371. The molecule has 0 aliphatic heterocycles. The van der Waals surface area contributed by atoms with Crippen molar-refractivity contribution in [1.82, 2.24) is 0 Å². The number of rotatable bonds is 4. The molecule has 0 bridgehead atoms. The molecule has 0 spiro atoms. The van der Waals surface area contributed by atoms with Crippen molar-refractivity contribution in [2.24, 2.45) is 4.99 Å². The monoisotopic (exact) mass is 181 g/mol. The fourth-order valence-corrected chi connectivity index (χ4v) is 1.24. The van der Waals surface area contributed by atoms with E-state index in [-0.39, 0.29) is 11.8 Å². The standard InChI is InChI=1S/C6H9Cl2NO/c1-2-6(3-7,4-8)9-5-10/h2-4H2,1H3. The Labute approximate surface area is 70.2 Å². The lowest BCUT2D eigenvalue weighted by Gasteiger charge is -2.19. The maximum Gasteiger partial charge on any atom is 0.235 e. The molecular weight excluding hydrogens is 173 g/mol. The summed E-state index contributed by atoms with van der Waals surface area (Å²) in [5, 5.41) is 0. The molecule has 0 aliphatic rings. The first-order chi connectivity index (χ1) is 4.74. The summed E-state index contributed by atoms with van der Waals surface area (Å²) in [6, 6.07) is 0. The van der Waals surface area contributed by atoms with E-state index in [0.29, 0.717) is 6.42 Å². The first kappa shape index (κ1) is 9.96. The molecule has 2 nitrogen and oxygen atoms in total. The number of isocyanates is 1. The van der Waals surface area contributed by atoms with E-state index >= 15 is 0 Å². The van der Waals surface area contributed by atoms with Gasteiger partial charge in [-0.3, -0.25) is 0 Å². The second-order valence-electron chi connectivity index (χ2n) is 2.05. The average Bonchev–Trinajstić information content (AvgIpc) is 2.01. The van der Waals surface area contributed by atoms with Gasteiger partial charge in [-0.15, -0.1) is 23.2 Å². The number of hydrogen-bond acceptors (Lipinski definition) is 2. The molecule has 0 fully saturated rings. The first-order valence-electron chi connectivity index (χ1n) is 2.95. The Morgan fingerprint density at radius 2 is 2.00 bits per heavy atom. The van der Waals surface area contributed by atoms with Crippen molar-refractivity contribution in [2.75, 3.05) is 11.8 Å². The molecule has 0 unspecified atom stereocenters. The van der Waals surface area contributed by atoms with E-state index < -0.39 is 5.54 Å². The van der Waals surface area contributed by atoms with Crippen LogP contribution < -0.4 is 0 Å². The van der Waals surface area contributed by atoms with Gasteiger partial charge in [0.2, 0.25) is 6.08 Å². The van der Waals surface area contributed by atoms with Gasteiger partial charge in [0.25, 0.3) is 0 Å². The predicted molar refractivity (Wildman–Crippen MR) is 42.6 cm³/mol. The van der Waals surface area contributed by atoms with Crippen LogP contribution in [0.3, 0.4) is 0 Å². The molecule has 58 valence electrons. The SMILES string of the molecule is CCC(CCl)(CCl)N=C=O. The molecular formula is C6H9Cl2NO. The Bertz CT molecular complexity index is 130. The van der Waals surface area contributed by atoms with Crippen LogP contribution in [0.15, 0.2) is 4.99 Å². The van der Waals surface area contributed by atoms with Crippen LogP contribution in [-0.2, 0) is 4.79 Å². The minimum Gasteiger partial charge on any atom is -0.211 e. The van der Waals surface area contributed by atoms with E-state index in [0.717, 1.165) is 0 Å². The van der Waals surface area contributed by atoms with Gasteiger partial charge in [0.1, 0.15) is 0 Å². The molecule has 0 aromatic carbocycles. The zero-order chi connectivity index (χ0) is 8.04. The minimum atomic E-state index is -0.592. The minimum absolute atomic E-state index is 0.266. The fourth-order valence-electron chi connectivity index (χ4n) is 0.460. The summed E-state index contributed by atoms with van der Waals surface area (Å²) in [4.78, 5) is 13.4. The van der Waals surface area contributed by atoms with Crippen LogP contribution >= 0.6 is 23.2 Å². The van der Waals surface area contributed by atoms with Crippen LogP contribution in [0.5, 0.6) is 0 Å². The number of nitrogens with zero attached hydrogens (tertiary/aromatic N) is 1. The Morgan fingerprint density at radius 3 is 2.10 bits per heavy atom. The van der Waals surface area contributed by atoms with Crippen molar-refractivity contribution in [3.8, 4) is 0 Å². The zero-order valence-corrected chi connectivity index (χ0v) is 7.24. The van der Waals surface area contributed by atoms with Gasteiger partial charge >= 0.3 is 0 Å². The van der Waals surface area contributed by atoms with E-state index in [1.165, 1.54) is 6.08 Å². The summed E-state index contributed by atoms with van der Waals surface area (Å²) in [7, 11) is 0. The van der Waals surface area contributed by atoms with Crippen molar-refractivity contribution in [3.05, 3.63) is 0 Å². The van der Waals surface area contributed by atoms with Crippen molar-refractivity contribution < 1.29 is 4.79 Å². The smallest absolute Gasteiger partial charge is 0.211 e. The van der Waals surface area contributed by atoms with Gasteiger partial charge < -0.3 is 0 Å². The van der Waals surface area contributed by atoms with Crippen molar-refractivity contribution in [1.29, 1.82) is 0 Å². The van der Waals surface area contributed by atoms with Crippen LogP contribution in [0.2, 0.25) is 0 Å². The summed E-state index contributed by atoms with van der Waals surface area (Å²) in [5.74, 6) is 0.532. The summed E-state index contributed by atoms with van der Waals surface area (Å²) < 4.78 is 0. The van der Waals surface area contributed by atoms with Crippen LogP contribution in [0.25, 0.3) is 0 Å². The molecule has 0 saturated heterocycles. The molecule has 0 amide bonds. The summed E-state index contributed by atoms with van der Waals surface area (Å²) in [6.07, 6.45) is 2.13. The lowest BCUT2D eigenvalue weighted by Crippen LogP contribution is -2.29. The lowest BCUT2D eigenvalue weighted by molar-refractivity contribution is 0.499. The van der Waals surface area contributed by atoms with Crippen LogP contribution in [-0.4, -0.2) is 23.4 Å². The Kier molecular flexibility index (Phi) is 4.71. The molecule has 4 heteroatoms. The molecule has 10 heavy (non-hydrogen) atoms. The highest BCUT2D eigenvalue weighted by molar-refractivity contribution is 6.22. The largest absolute Gasteiger partial charge is 0.235 e. The summed E-state index contributed by atoms with van der Waals surface area (Å²) in [5.41, 5.74) is -0.592. The third kappa shape index (κ3) is 2.30. The number of aliphatic imine (C=N–C) groups is 1. The predicted octanol–water partition coefficient (Wildman–Crippen LogP) is 1.95. The van der Waals surface area contributed by atoms with Gasteiger partial charge in [0.05, 0.1) is 5.54 Å². The normalized spacial score (nSPS) is 10.7. The highest BCUT2D eigenvalue weighted by Crippen LogP contribution is 2.18. The number of carbonyl (C=O) groups excluding carboxylic acids is 1. The number of halogens is 2. The number of alkyl halides is 2. The van der Waals surface area contributed by atoms with E-state index in [4.69, 9.17) is 23.2 Å². The molecule has 0 saturated carbocycles. The topological polar surface area (TPSA) is 29.4 Å². The zero-order valence-electron chi connectivity index (χ0n) is 5.73. The van der Waals surface area contributed by atoms with Crippen molar-refractivity contribution in [2.45, 2.75) is 18.9 Å². The average molecular weight is 182 g/mol. The molecule has 0 aromatic rings. The van der Waals surface area contributed by atoms with E-state index in [2.05, 4.69) is 4.99 Å². The molecule has 0 aliphatic carbocycles. The molecule has 0 atom stereocenters. The summed E-state index contributed by atoms with van der Waals surface area (Å²) >= 11 is 11.1. The van der Waals surface area contributed by atoms with E-state index in [9.17, 15) is 4.79 Å². The second kappa shape index (κ2) is 4.73. The van der Waals surface area contributed by atoms with Gasteiger partial charge in [0.15, 0.2) is 0 Å². The number of hydrogen-bond donors (Lipinski definition) is 0. The molecule has 0 aromatic heterocycles. The highest BCUT2D eigenvalue weighted by Gasteiger charge is 2.24. The van der Waals surface area contributed by atoms with Gasteiger partial charge in [-0.1, -0.05) is 6.92 Å². The Morgan fingerprint density at radius 1 is 1.50 bits per heavy atom. The highest BCUT2D eigenvalue weighted by atomic mass is 35.5. The van der Waals surface area contributed by atoms with Crippen molar-refractivity contribution in [3.63, 3.8) is 0 Å². The van der Waals surface area contributed by atoms with Crippen LogP contribution in [0, 0.1) is 0 Å². The lowest BCUT2D eigenvalue weighted by atomic mass is 10.0. The maximum atomic E-state index is 9.89. The maximum absolute atomic E-state index is 9.89. The van der Waals surface area contributed by atoms with Gasteiger partial charge in [0, 0.05) is 11.8 Å². The molecule has 0 rings (SSSR count). The van der Waals surface area contributed by atoms with Gasteiger partial charge in [-0.05, 0) is 6.42 Å². The Hall–Kier alpha value is -0.0400. The second-order valence-corrected chi connectivity index (χ2v) is 2.58. The molecule has 0 heterocycles. The van der Waals surface area contributed by atoms with E-state index in [1.54, 1.807) is 0 Å².